The van der Waals surface area contributed by atoms with Crippen molar-refractivity contribution < 1.29 is 42.1 Å². The maximum atomic E-state index is 12.8. The van der Waals surface area contributed by atoms with E-state index in [4.69, 9.17) is 18.5 Å². The summed E-state index contributed by atoms with van der Waals surface area (Å²) in [4.78, 5) is 37.3. The van der Waals surface area contributed by atoms with Crippen LogP contribution < -0.4 is 4.89 Å². The minimum atomic E-state index is -4.65. The quantitative estimate of drug-likeness (QED) is 0.0426. The number of nitrogens with zero attached hydrogens (tertiary/aromatic N) is 1. The molecular weight excluding hydrogens is 581 g/mol. The first-order valence-corrected chi connectivity index (χ1v) is 16.8. The van der Waals surface area contributed by atoms with Crippen LogP contribution in [0.1, 0.15) is 51.0 Å². The van der Waals surface area contributed by atoms with Gasteiger partial charge in [-0.3, -0.25) is 14.2 Å². The Labute approximate surface area is 259 Å². The molecule has 0 aliphatic rings. The third-order valence-electron chi connectivity index (χ3n) is 7.59. The number of likely N-dealkylation sites (N-methyl/N-ethyl adjacent to an activating group) is 1. The number of carbonyl (C=O) groups excluding carboxylic acids is 2. The molecular formula is C34H44NO8P. The second-order valence-corrected chi connectivity index (χ2v) is 13.7. The topological polar surface area (TPSA) is 111 Å². The molecule has 4 rings (SSSR count). The molecule has 0 aromatic heterocycles. The van der Waals surface area contributed by atoms with Gasteiger partial charge in [0.15, 0.2) is 6.10 Å². The largest absolute Gasteiger partial charge is 0.756 e. The minimum absolute atomic E-state index is 0.0514. The fourth-order valence-electron chi connectivity index (χ4n) is 5.21. The lowest BCUT2D eigenvalue weighted by atomic mass is 9.90. The Morgan fingerprint density at radius 3 is 2.18 bits per heavy atom. The number of aryl methyl sites for hydroxylation is 1. The Morgan fingerprint density at radius 1 is 0.818 bits per heavy atom. The van der Waals surface area contributed by atoms with Crippen LogP contribution in [0, 0.1) is 0 Å². The van der Waals surface area contributed by atoms with Crippen LogP contribution in [0.4, 0.5) is 0 Å². The minimum Gasteiger partial charge on any atom is -0.756 e. The number of rotatable bonds is 18. The fourth-order valence-corrected chi connectivity index (χ4v) is 5.94. The highest BCUT2D eigenvalue weighted by atomic mass is 31.2. The molecule has 0 aliphatic heterocycles. The van der Waals surface area contributed by atoms with Gasteiger partial charge in [0.25, 0.3) is 7.82 Å². The first-order valence-electron chi connectivity index (χ1n) is 15.4. The van der Waals surface area contributed by atoms with Crippen molar-refractivity contribution in [2.24, 2.45) is 0 Å². The Bertz CT molecular complexity index is 1580. The highest BCUT2D eigenvalue weighted by Gasteiger charge is 2.22. The number of esters is 2. The Balaban J connectivity index is 1.35. The summed E-state index contributed by atoms with van der Waals surface area (Å²) in [5.74, 6) is -0.956. The number of phosphoric acid groups is 1. The van der Waals surface area contributed by atoms with Crippen molar-refractivity contribution >= 4 is 52.1 Å². The van der Waals surface area contributed by atoms with Crippen molar-refractivity contribution in [2.45, 2.75) is 58.0 Å². The van der Waals surface area contributed by atoms with Crippen LogP contribution in [0.15, 0.2) is 54.6 Å². The average Bonchev–Trinajstić information content (AvgIpc) is 2.97. The van der Waals surface area contributed by atoms with Crippen molar-refractivity contribution in [1.29, 1.82) is 0 Å². The van der Waals surface area contributed by atoms with Gasteiger partial charge in [0.2, 0.25) is 0 Å². The molecule has 0 radical (unpaired) electrons. The van der Waals surface area contributed by atoms with E-state index in [1.807, 2.05) is 28.1 Å². The van der Waals surface area contributed by atoms with Crippen LogP contribution in [-0.2, 0) is 39.1 Å². The number of ether oxygens (including phenoxy) is 2. The van der Waals surface area contributed by atoms with Crippen LogP contribution >= 0.6 is 7.82 Å². The lowest BCUT2D eigenvalue weighted by Gasteiger charge is -2.28. The highest BCUT2D eigenvalue weighted by molar-refractivity contribution is 7.45. The second-order valence-electron chi connectivity index (χ2n) is 12.3. The molecule has 0 heterocycles. The van der Waals surface area contributed by atoms with Gasteiger partial charge >= 0.3 is 11.9 Å². The molecule has 2 atom stereocenters. The maximum Gasteiger partial charge on any atom is 0.306 e. The smallest absolute Gasteiger partial charge is 0.306 e. The molecule has 0 spiro atoms. The number of hydrogen-bond acceptors (Lipinski definition) is 8. The lowest BCUT2D eigenvalue weighted by molar-refractivity contribution is -0.870. The molecule has 4 aromatic rings. The van der Waals surface area contributed by atoms with Crippen LogP contribution in [0.3, 0.4) is 0 Å². The van der Waals surface area contributed by atoms with Crippen LogP contribution in [0.25, 0.3) is 32.3 Å². The van der Waals surface area contributed by atoms with E-state index in [0.29, 0.717) is 30.3 Å². The van der Waals surface area contributed by atoms with Gasteiger partial charge in [-0.25, -0.2) is 0 Å². The Kier molecular flexibility index (Phi) is 11.7. The summed E-state index contributed by atoms with van der Waals surface area (Å²) in [6, 6.07) is 19.1. The Hall–Kier alpha value is -3.07. The van der Waals surface area contributed by atoms with Gasteiger partial charge in [0, 0.05) is 12.8 Å². The third kappa shape index (κ3) is 9.71. The van der Waals surface area contributed by atoms with E-state index in [1.54, 1.807) is 0 Å². The summed E-state index contributed by atoms with van der Waals surface area (Å²) in [6.45, 7) is 1.63. The highest BCUT2D eigenvalue weighted by Crippen LogP contribution is 2.39. The van der Waals surface area contributed by atoms with Crippen molar-refractivity contribution in [2.75, 3.05) is 47.5 Å². The summed E-state index contributed by atoms with van der Waals surface area (Å²) in [7, 11) is 1.09. The van der Waals surface area contributed by atoms with Gasteiger partial charge < -0.3 is 27.9 Å². The Morgan fingerprint density at radius 2 is 1.48 bits per heavy atom. The molecule has 238 valence electrons. The van der Waals surface area contributed by atoms with E-state index in [-0.39, 0.29) is 26.1 Å². The maximum absolute atomic E-state index is 12.8. The van der Waals surface area contributed by atoms with E-state index < -0.39 is 32.5 Å². The third-order valence-corrected chi connectivity index (χ3v) is 8.55. The lowest BCUT2D eigenvalue weighted by Crippen LogP contribution is -2.37. The van der Waals surface area contributed by atoms with Crippen molar-refractivity contribution in [1.82, 2.24) is 0 Å². The number of carbonyl (C=O) groups is 2. The molecule has 0 aliphatic carbocycles. The van der Waals surface area contributed by atoms with Crippen molar-refractivity contribution in [3.63, 3.8) is 0 Å². The number of phosphoric ester groups is 1. The SMILES string of the molecule is CCCCCC(=O)OC[C@H](COP(=O)([O-])OCC[N+](C)(C)C)OC(=O)CCCc1ccc2ccc3cccc4ccc1c2c34. The van der Waals surface area contributed by atoms with E-state index in [0.717, 1.165) is 23.8 Å². The normalized spacial score (nSPS) is 14.2. The van der Waals surface area contributed by atoms with E-state index >= 15 is 0 Å². The van der Waals surface area contributed by atoms with E-state index in [1.165, 1.54) is 26.9 Å². The summed E-state index contributed by atoms with van der Waals surface area (Å²) in [5, 5.41) is 7.20. The zero-order chi connectivity index (χ0) is 31.7. The zero-order valence-electron chi connectivity index (χ0n) is 26.2. The standard InChI is InChI=1S/C34H44NO8P/c1-5-6-7-13-31(36)40-23-29(24-42-44(38,39)41-22-21-35(2,3)4)43-32(37)14-9-10-25-15-16-28-18-17-26-11-8-12-27-19-20-30(25)34(28)33(26)27/h8,11-12,15-20,29H,5-7,9-10,13-14,21-24H2,1-4H3/t29-/m1/s1. The van der Waals surface area contributed by atoms with Gasteiger partial charge in [0.1, 0.15) is 19.8 Å². The predicted molar refractivity (Wildman–Crippen MR) is 170 cm³/mol. The molecule has 10 heteroatoms. The molecule has 44 heavy (non-hydrogen) atoms. The number of unbranched alkanes of at least 4 members (excludes halogenated alkanes) is 2. The van der Waals surface area contributed by atoms with E-state index in [2.05, 4.69) is 54.6 Å². The van der Waals surface area contributed by atoms with Crippen molar-refractivity contribution in [3.05, 3.63) is 60.2 Å². The molecule has 0 bridgehead atoms. The number of quaternary nitrogens is 1. The fraction of sp³-hybridized carbons (Fsp3) is 0.471. The van der Waals surface area contributed by atoms with Crippen LogP contribution in [-0.4, -0.2) is 70.0 Å². The van der Waals surface area contributed by atoms with Gasteiger partial charge in [-0.05, 0) is 57.1 Å². The van der Waals surface area contributed by atoms with Gasteiger partial charge in [-0.15, -0.1) is 0 Å². The van der Waals surface area contributed by atoms with Crippen LogP contribution in [0.2, 0.25) is 0 Å². The molecule has 9 nitrogen and oxygen atoms in total. The average molecular weight is 626 g/mol. The predicted octanol–water partition coefficient (Wildman–Crippen LogP) is 6.15. The summed E-state index contributed by atoms with van der Waals surface area (Å²) in [5.41, 5.74) is 1.14. The second kappa shape index (κ2) is 15.3. The number of hydrogen-bond donors (Lipinski definition) is 0. The summed E-state index contributed by atoms with van der Waals surface area (Å²) < 4.78 is 33.6. The first-order chi connectivity index (χ1) is 21.0. The molecule has 0 fully saturated rings. The van der Waals surface area contributed by atoms with E-state index in [9.17, 15) is 19.0 Å². The van der Waals surface area contributed by atoms with Crippen LogP contribution in [0.5, 0.6) is 0 Å². The van der Waals surface area contributed by atoms with Gasteiger partial charge in [-0.1, -0.05) is 74.4 Å². The summed E-state index contributed by atoms with van der Waals surface area (Å²) >= 11 is 0. The first kappa shape index (κ1) is 33.8. The molecule has 0 saturated carbocycles. The zero-order valence-corrected chi connectivity index (χ0v) is 27.1. The molecule has 0 amide bonds. The van der Waals surface area contributed by atoms with Gasteiger partial charge in [0.05, 0.1) is 27.7 Å². The summed E-state index contributed by atoms with van der Waals surface area (Å²) in [6.07, 6.45) is 3.00. The molecule has 1 unspecified atom stereocenters. The van der Waals surface area contributed by atoms with Gasteiger partial charge in [-0.2, -0.15) is 0 Å². The molecule has 0 N–H and O–H groups in total. The number of benzene rings is 4. The molecule has 4 aromatic carbocycles. The monoisotopic (exact) mass is 625 g/mol. The molecule has 0 saturated heterocycles. The van der Waals surface area contributed by atoms with Crippen molar-refractivity contribution in [3.8, 4) is 0 Å².